The van der Waals surface area contributed by atoms with E-state index < -0.39 is 6.29 Å². The molecule has 0 spiro atoms. The molecule has 0 bridgehead atoms. The lowest BCUT2D eigenvalue weighted by Crippen LogP contribution is -2.18. The highest BCUT2D eigenvalue weighted by Gasteiger charge is 2.25. The van der Waals surface area contributed by atoms with Crippen LogP contribution in [0.15, 0.2) is 48.7 Å². The maximum Gasteiger partial charge on any atom is 0.268 e. The summed E-state index contributed by atoms with van der Waals surface area (Å²) in [4.78, 5) is 9.68. The molecule has 0 aliphatic carbocycles. The van der Waals surface area contributed by atoms with Crippen molar-refractivity contribution in [3.63, 3.8) is 0 Å². The largest absolute Gasteiger partial charge is 0.453 e. The third-order valence-corrected chi connectivity index (χ3v) is 3.34. The quantitative estimate of drug-likeness (QED) is 0.805. The molecular formula is C14H11Cl2N3O2. The van der Waals surface area contributed by atoms with Gasteiger partial charge in [-0.2, -0.15) is 0 Å². The van der Waals surface area contributed by atoms with Gasteiger partial charge in [0.1, 0.15) is 12.1 Å². The van der Waals surface area contributed by atoms with Gasteiger partial charge in [0.05, 0.1) is 0 Å². The lowest BCUT2D eigenvalue weighted by molar-refractivity contribution is -0.0346. The molecule has 0 fully saturated rings. The van der Waals surface area contributed by atoms with E-state index in [2.05, 4.69) is 9.97 Å². The van der Waals surface area contributed by atoms with Gasteiger partial charge >= 0.3 is 0 Å². The molecule has 1 aromatic heterocycles. The lowest BCUT2D eigenvalue weighted by Gasteiger charge is -2.19. The number of anilines is 1. The van der Waals surface area contributed by atoms with Gasteiger partial charge < -0.3 is 9.47 Å². The van der Waals surface area contributed by atoms with E-state index in [0.29, 0.717) is 16.7 Å². The van der Waals surface area contributed by atoms with Crippen LogP contribution in [-0.4, -0.2) is 17.0 Å². The summed E-state index contributed by atoms with van der Waals surface area (Å²) in [5.74, 6) is 1.13. The van der Waals surface area contributed by atoms with Crippen molar-refractivity contribution in [3.8, 4) is 0 Å². The molecule has 108 valence electrons. The van der Waals surface area contributed by atoms with Crippen molar-refractivity contribution in [2.75, 3.05) is 11.9 Å². The van der Waals surface area contributed by atoms with Crippen LogP contribution >= 0.6 is 23.2 Å². The third kappa shape index (κ3) is 3.04. The smallest absolute Gasteiger partial charge is 0.268 e. The zero-order valence-corrected chi connectivity index (χ0v) is 12.5. The zero-order valence-electron chi connectivity index (χ0n) is 11.0. The Bertz CT molecular complexity index is 693. The van der Waals surface area contributed by atoms with Crippen LogP contribution in [0.5, 0.6) is 0 Å². The fraction of sp³-hybridized carbons (Fsp3) is 0.143. The summed E-state index contributed by atoms with van der Waals surface area (Å²) >= 11 is 11.7. The highest BCUT2D eigenvalue weighted by molar-refractivity contribution is 6.30. The minimum Gasteiger partial charge on any atom is -0.453 e. The lowest BCUT2D eigenvalue weighted by atomic mass is 10.2. The Hall–Kier alpha value is -1.98. The van der Waals surface area contributed by atoms with Gasteiger partial charge in [-0.05, 0) is 29.8 Å². The first-order valence-electron chi connectivity index (χ1n) is 6.13. The maximum absolute atomic E-state index is 5.97. The average Bonchev–Trinajstić information content (AvgIpc) is 2.96. The molecule has 3 rings (SSSR count). The van der Waals surface area contributed by atoms with Crippen molar-refractivity contribution in [3.05, 3.63) is 64.5 Å². The van der Waals surface area contributed by atoms with E-state index in [-0.39, 0.29) is 5.28 Å². The molecular weight excluding hydrogens is 313 g/mol. The molecule has 1 aliphatic rings. The summed E-state index contributed by atoms with van der Waals surface area (Å²) in [6.45, 7) is 0. The van der Waals surface area contributed by atoms with E-state index >= 15 is 0 Å². The summed E-state index contributed by atoms with van der Waals surface area (Å²) < 4.78 is 11.3. The molecule has 1 atom stereocenters. The van der Waals surface area contributed by atoms with Gasteiger partial charge in [0, 0.05) is 23.8 Å². The van der Waals surface area contributed by atoms with E-state index in [4.69, 9.17) is 32.7 Å². The second-order valence-electron chi connectivity index (χ2n) is 4.34. The summed E-state index contributed by atoms with van der Waals surface area (Å²) in [7, 11) is 1.80. The molecule has 21 heavy (non-hydrogen) atoms. The molecule has 2 heterocycles. The van der Waals surface area contributed by atoms with Crippen LogP contribution in [-0.2, 0) is 9.47 Å². The van der Waals surface area contributed by atoms with E-state index in [1.807, 2.05) is 12.1 Å². The number of aromatic nitrogens is 2. The van der Waals surface area contributed by atoms with Gasteiger partial charge in [0.15, 0.2) is 0 Å². The minimum absolute atomic E-state index is 0.172. The number of hydrogen-bond donors (Lipinski definition) is 0. The number of ether oxygens (including phenoxy) is 2. The highest BCUT2D eigenvalue weighted by atomic mass is 35.5. The molecule has 5 nitrogen and oxygen atoms in total. The Morgan fingerprint density at radius 3 is 2.86 bits per heavy atom. The van der Waals surface area contributed by atoms with Crippen LogP contribution in [0.3, 0.4) is 0 Å². The van der Waals surface area contributed by atoms with E-state index in [1.54, 1.807) is 36.3 Å². The van der Waals surface area contributed by atoms with Gasteiger partial charge in [-0.25, -0.2) is 9.97 Å². The maximum atomic E-state index is 5.97. The van der Waals surface area contributed by atoms with Gasteiger partial charge in [0.25, 0.3) is 6.29 Å². The monoisotopic (exact) mass is 323 g/mol. The van der Waals surface area contributed by atoms with Gasteiger partial charge in [-0.15, -0.1) is 0 Å². The normalized spacial score (nSPS) is 16.9. The first-order valence-corrected chi connectivity index (χ1v) is 6.89. The van der Waals surface area contributed by atoms with Crippen molar-refractivity contribution in [1.29, 1.82) is 0 Å². The molecule has 0 amide bonds. The van der Waals surface area contributed by atoms with Crippen molar-refractivity contribution >= 4 is 29.0 Å². The Kier molecular flexibility index (Phi) is 3.86. The van der Waals surface area contributed by atoms with Crippen LogP contribution in [0.2, 0.25) is 10.3 Å². The number of halogens is 2. The van der Waals surface area contributed by atoms with Crippen LogP contribution in [0.4, 0.5) is 5.82 Å². The summed E-state index contributed by atoms with van der Waals surface area (Å²) in [6, 6.07) is 9.04. The zero-order chi connectivity index (χ0) is 14.8. The first kappa shape index (κ1) is 14.0. The predicted octanol–water partition coefficient (Wildman–Crippen LogP) is 3.76. The highest BCUT2D eigenvalue weighted by Crippen LogP contribution is 2.32. The number of hydrogen-bond acceptors (Lipinski definition) is 5. The standard InChI is InChI=1S/C14H11Cl2N3O2/c1-19(11-5-6-17-14(16)18-11)12-8-20-13(21-12)9-3-2-4-10(15)7-9/h2-8,13H,1H3. The van der Waals surface area contributed by atoms with Crippen LogP contribution in [0, 0.1) is 0 Å². The Morgan fingerprint density at radius 1 is 1.24 bits per heavy atom. The molecule has 1 unspecified atom stereocenters. The second-order valence-corrected chi connectivity index (χ2v) is 5.11. The van der Waals surface area contributed by atoms with Gasteiger partial charge in [0.2, 0.25) is 11.2 Å². The molecule has 1 aromatic carbocycles. The van der Waals surface area contributed by atoms with Crippen LogP contribution < -0.4 is 4.90 Å². The molecule has 1 aliphatic heterocycles. The number of benzene rings is 1. The molecule has 0 N–H and O–H groups in total. The SMILES string of the molecule is CN(C1=COC(c2cccc(Cl)c2)O1)c1ccnc(Cl)n1. The Labute approximate surface area is 131 Å². The van der Waals surface area contributed by atoms with Crippen LogP contribution in [0.1, 0.15) is 11.9 Å². The predicted molar refractivity (Wildman–Crippen MR) is 79.9 cm³/mol. The second kappa shape index (κ2) is 5.79. The number of rotatable bonds is 3. The van der Waals surface area contributed by atoms with Crippen molar-refractivity contribution in [1.82, 2.24) is 9.97 Å². The van der Waals surface area contributed by atoms with E-state index in [9.17, 15) is 0 Å². The van der Waals surface area contributed by atoms with Gasteiger partial charge in [-0.3, -0.25) is 4.90 Å². The minimum atomic E-state index is -0.529. The molecule has 0 radical (unpaired) electrons. The fourth-order valence-corrected chi connectivity index (χ4v) is 2.21. The fourth-order valence-electron chi connectivity index (χ4n) is 1.87. The Balaban J connectivity index is 1.74. The van der Waals surface area contributed by atoms with Crippen molar-refractivity contribution in [2.45, 2.75) is 6.29 Å². The molecule has 2 aromatic rings. The van der Waals surface area contributed by atoms with Crippen molar-refractivity contribution < 1.29 is 9.47 Å². The molecule has 0 saturated heterocycles. The molecule has 0 saturated carbocycles. The average molecular weight is 324 g/mol. The number of nitrogens with zero attached hydrogens (tertiary/aromatic N) is 3. The molecule has 7 heteroatoms. The summed E-state index contributed by atoms with van der Waals surface area (Å²) in [6.07, 6.45) is 2.58. The van der Waals surface area contributed by atoms with Gasteiger partial charge in [-0.1, -0.05) is 23.7 Å². The first-order chi connectivity index (χ1) is 10.1. The van der Waals surface area contributed by atoms with Crippen molar-refractivity contribution in [2.24, 2.45) is 0 Å². The summed E-state index contributed by atoms with van der Waals surface area (Å²) in [5.41, 5.74) is 0.836. The van der Waals surface area contributed by atoms with E-state index in [1.165, 1.54) is 6.26 Å². The third-order valence-electron chi connectivity index (χ3n) is 2.93. The van der Waals surface area contributed by atoms with E-state index in [0.717, 1.165) is 5.56 Å². The summed E-state index contributed by atoms with van der Waals surface area (Å²) in [5, 5.41) is 0.800. The topological polar surface area (TPSA) is 47.5 Å². The Morgan fingerprint density at radius 2 is 2.10 bits per heavy atom. The van der Waals surface area contributed by atoms with Crippen LogP contribution in [0.25, 0.3) is 0 Å².